The van der Waals surface area contributed by atoms with Crippen molar-refractivity contribution in [1.82, 2.24) is 0 Å². The van der Waals surface area contributed by atoms with E-state index in [4.69, 9.17) is 9.78 Å². The molecule has 0 radical (unpaired) electrons. The van der Waals surface area contributed by atoms with Crippen molar-refractivity contribution < 1.29 is 9.78 Å². The minimum Gasteiger partial charge on any atom is -0.289 e. The standard InChI is InChI=1S/C16H32N2O2/c1-11(2)17-13(5)15(7,8)19-20-16(9,10)14(6)18-12(3)4/h11-12H,1-10H3. The Morgan fingerprint density at radius 1 is 0.700 bits per heavy atom. The predicted octanol–water partition coefficient (Wildman–Crippen LogP) is 4.23. The molecule has 4 nitrogen and oxygen atoms in total. The number of hydrogen-bond acceptors (Lipinski definition) is 4. The van der Waals surface area contributed by atoms with Gasteiger partial charge in [0.2, 0.25) is 0 Å². The summed E-state index contributed by atoms with van der Waals surface area (Å²) in [5.41, 5.74) is 0.725. The second kappa shape index (κ2) is 7.32. The van der Waals surface area contributed by atoms with Crippen LogP contribution >= 0.6 is 0 Å². The van der Waals surface area contributed by atoms with E-state index in [1.54, 1.807) is 0 Å². The van der Waals surface area contributed by atoms with Gasteiger partial charge in [0.25, 0.3) is 0 Å². The normalized spacial score (nSPS) is 15.4. The molecule has 0 unspecified atom stereocenters. The fraction of sp³-hybridized carbons (Fsp3) is 0.875. The molecule has 0 N–H and O–H groups in total. The summed E-state index contributed by atoms with van der Waals surface area (Å²) in [7, 11) is 0. The van der Waals surface area contributed by atoms with Gasteiger partial charge >= 0.3 is 0 Å². The first-order chi connectivity index (χ1) is 8.88. The lowest BCUT2D eigenvalue weighted by Crippen LogP contribution is -2.41. The van der Waals surface area contributed by atoms with Gasteiger partial charge in [-0.3, -0.25) is 9.98 Å². The van der Waals surface area contributed by atoms with E-state index in [-0.39, 0.29) is 12.1 Å². The molecular formula is C16H32N2O2. The molecule has 20 heavy (non-hydrogen) atoms. The molecule has 0 fully saturated rings. The number of aliphatic imine (C=N–C) groups is 2. The van der Waals surface area contributed by atoms with Crippen molar-refractivity contribution in [3.63, 3.8) is 0 Å². The Labute approximate surface area is 124 Å². The van der Waals surface area contributed by atoms with Crippen molar-refractivity contribution in [2.24, 2.45) is 9.98 Å². The molecule has 0 aromatic rings. The van der Waals surface area contributed by atoms with E-state index in [1.807, 2.05) is 69.2 Å². The van der Waals surface area contributed by atoms with Crippen LogP contribution in [-0.2, 0) is 9.78 Å². The van der Waals surface area contributed by atoms with Gasteiger partial charge in [0.15, 0.2) is 0 Å². The molecule has 0 aliphatic heterocycles. The van der Waals surface area contributed by atoms with Crippen molar-refractivity contribution in [3.05, 3.63) is 0 Å². The summed E-state index contributed by atoms with van der Waals surface area (Å²) in [5, 5.41) is 0. The van der Waals surface area contributed by atoms with E-state index in [0.717, 1.165) is 11.4 Å². The van der Waals surface area contributed by atoms with Crippen LogP contribution in [0.1, 0.15) is 69.2 Å². The maximum Gasteiger partial charge on any atom is 0.135 e. The van der Waals surface area contributed by atoms with Gasteiger partial charge < -0.3 is 0 Å². The van der Waals surface area contributed by atoms with Crippen LogP contribution in [-0.4, -0.2) is 34.7 Å². The second-order valence-corrected chi connectivity index (χ2v) is 6.80. The molecule has 0 bridgehead atoms. The van der Waals surface area contributed by atoms with Gasteiger partial charge in [-0.2, -0.15) is 0 Å². The maximum absolute atomic E-state index is 5.65. The molecular weight excluding hydrogens is 252 g/mol. The summed E-state index contributed by atoms with van der Waals surface area (Å²) in [5.74, 6) is 0. The Morgan fingerprint density at radius 2 is 0.950 bits per heavy atom. The van der Waals surface area contributed by atoms with Crippen LogP contribution in [0, 0.1) is 0 Å². The summed E-state index contributed by atoms with van der Waals surface area (Å²) in [6.45, 7) is 19.9. The summed E-state index contributed by atoms with van der Waals surface area (Å²) >= 11 is 0. The largest absolute Gasteiger partial charge is 0.289 e. The van der Waals surface area contributed by atoms with E-state index >= 15 is 0 Å². The molecule has 0 atom stereocenters. The zero-order chi connectivity index (χ0) is 16.1. The Bertz CT molecular complexity index is 331. The Morgan fingerprint density at radius 3 is 1.15 bits per heavy atom. The monoisotopic (exact) mass is 284 g/mol. The highest BCUT2D eigenvalue weighted by Gasteiger charge is 2.31. The molecule has 0 aromatic carbocycles. The van der Waals surface area contributed by atoms with Crippen molar-refractivity contribution >= 4 is 11.4 Å². The maximum atomic E-state index is 5.65. The average Bonchev–Trinajstić information content (AvgIpc) is 2.24. The predicted molar refractivity (Wildman–Crippen MR) is 86.8 cm³/mol. The van der Waals surface area contributed by atoms with E-state index < -0.39 is 11.2 Å². The van der Waals surface area contributed by atoms with Crippen molar-refractivity contribution in [3.8, 4) is 0 Å². The third kappa shape index (κ3) is 6.62. The Hall–Kier alpha value is -0.740. The fourth-order valence-corrected chi connectivity index (χ4v) is 1.41. The Kier molecular flexibility index (Phi) is 7.05. The molecule has 0 heterocycles. The topological polar surface area (TPSA) is 43.2 Å². The highest BCUT2D eigenvalue weighted by molar-refractivity contribution is 5.90. The van der Waals surface area contributed by atoms with Crippen LogP contribution < -0.4 is 0 Å². The van der Waals surface area contributed by atoms with E-state index in [0.29, 0.717) is 0 Å². The first kappa shape index (κ1) is 19.3. The third-order valence-corrected chi connectivity index (χ3v) is 3.10. The molecule has 0 aliphatic carbocycles. The van der Waals surface area contributed by atoms with E-state index in [9.17, 15) is 0 Å². The lowest BCUT2D eigenvalue weighted by Gasteiger charge is -2.31. The SMILES string of the molecule is CC(=NC(C)C)C(C)(C)OOC(C)(C)C(C)=NC(C)C. The molecule has 0 saturated carbocycles. The molecule has 0 amide bonds. The Balaban J connectivity index is 4.83. The first-order valence-electron chi connectivity index (χ1n) is 7.35. The molecule has 0 spiro atoms. The second-order valence-electron chi connectivity index (χ2n) is 6.80. The highest BCUT2D eigenvalue weighted by Crippen LogP contribution is 2.20. The zero-order valence-electron chi connectivity index (χ0n) is 14.9. The van der Waals surface area contributed by atoms with Crippen LogP contribution in [0.25, 0.3) is 0 Å². The van der Waals surface area contributed by atoms with Gasteiger partial charge in [0.1, 0.15) is 11.2 Å². The summed E-state index contributed by atoms with van der Waals surface area (Å²) < 4.78 is 0. The smallest absolute Gasteiger partial charge is 0.135 e. The van der Waals surface area contributed by atoms with Crippen molar-refractivity contribution in [2.75, 3.05) is 0 Å². The van der Waals surface area contributed by atoms with Gasteiger partial charge in [-0.15, -0.1) is 0 Å². The molecule has 118 valence electrons. The molecule has 0 rings (SSSR count). The average molecular weight is 284 g/mol. The molecule has 0 saturated heterocycles. The van der Waals surface area contributed by atoms with Crippen LogP contribution in [0.4, 0.5) is 0 Å². The van der Waals surface area contributed by atoms with Gasteiger partial charge in [-0.05, 0) is 69.2 Å². The molecule has 4 heteroatoms. The van der Waals surface area contributed by atoms with Gasteiger partial charge in [0.05, 0.1) is 0 Å². The van der Waals surface area contributed by atoms with Crippen LogP contribution in [0.3, 0.4) is 0 Å². The quantitative estimate of drug-likeness (QED) is 0.399. The third-order valence-electron chi connectivity index (χ3n) is 3.10. The first-order valence-corrected chi connectivity index (χ1v) is 7.35. The fourth-order valence-electron chi connectivity index (χ4n) is 1.41. The van der Waals surface area contributed by atoms with Crippen molar-refractivity contribution in [2.45, 2.75) is 92.5 Å². The van der Waals surface area contributed by atoms with Crippen LogP contribution in [0.2, 0.25) is 0 Å². The van der Waals surface area contributed by atoms with E-state index in [2.05, 4.69) is 9.98 Å². The van der Waals surface area contributed by atoms with Crippen LogP contribution in [0.5, 0.6) is 0 Å². The minimum absolute atomic E-state index is 0.245. The van der Waals surface area contributed by atoms with E-state index in [1.165, 1.54) is 0 Å². The van der Waals surface area contributed by atoms with Crippen molar-refractivity contribution in [1.29, 1.82) is 0 Å². The highest BCUT2D eigenvalue weighted by atomic mass is 17.2. The summed E-state index contributed by atoms with van der Waals surface area (Å²) in [4.78, 5) is 20.3. The van der Waals surface area contributed by atoms with Gasteiger partial charge in [0, 0.05) is 23.5 Å². The van der Waals surface area contributed by atoms with Crippen LogP contribution in [0.15, 0.2) is 9.98 Å². The zero-order valence-corrected chi connectivity index (χ0v) is 14.9. The number of rotatable bonds is 7. The van der Waals surface area contributed by atoms with Gasteiger partial charge in [-0.1, -0.05) is 0 Å². The lowest BCUT2D eigenvalue weighted by atomic mass is 10.0. The minimum atomic E-state index is -0.556. The lowest BCUT2D eigenvalue weighted by molar-refractivity contribution is -0.369. The number of hydrogen-bond donors (Lipinski definition) is 0. The summed E-state index contributed by atoms with van der Waals surface area (Å²) in [6.07, 6.45) is 0. The molecule has 0 aliphatic rings. The van der Waals surface area contributed by atoms with Gasteiger partial charge in [-0.25, -0.2) is 9.78 Å². The number of nitrogens with zero attached hydrogens (tertiary/aromatic N) is 2. The summed E-state index contributed by atoms with van der Waals surface area (Å²) in [6, 6.07) is 0.491. The molecule has 0 aromatic heterocycles.